The summed E-state index contributed by atoms with van der Waals surface area (Å²) in [6.45, 7) is 6.90. The average molecular weight is 359 g/mol. The van der Waals surface area contributed by atoms with Gasteiger partial charge in [0.25, 0.3) is 5.91 Å². The molecule has 0 unspecified atom stereocenters. The summed E-state index contributed by atoms with van der Waals surface area (Å²) in [7, 11) is 2.96. The fourth-order valence-corrected chi connectivity index (χ4v) is 2.90. The highest BCUT2D eigenvalue weighted by atomic mass is 16.5. The Hall–Kier alpha value is -2.83. The first-order chi connectivity index (χ1) is 12.4. The van der Waals surface area contributed by atoms with Crippen LogP contribution in [0.3, 0.4) is 0 Å². The van der Waals surface area contributed by atoms with Crippen LogP contribution in [0, 0.1) is 0 Å². The van der Waals surface area contributed by atoms with Gasteiger partial charge >= 0.3 is 6.03 Å². The van der Waals surface area contributed by atoms with E-state index in [0.717, 1.165) is 16.2 Å². The predicted octanol–water partition coefficient (Wildman–Crippen LogP) is 1.88. The highest BCUT2D eigenvalue weighted by molar-refractivity contribution is 6.05. The summed E-state index contributed by atoms with van der Waals surface area (Å²) in [6, 6.07) is 6.38. The molecule has 2 rings (SSSR count). The third kappa shape index (κ3) is 4.22. The molecule has 0 bridgehead atoms. The zero-order valence-corrected chi connectivity index (χ0v) is 15.5. The largest absolute Gasteiger partial charge is 0.494 e. The lowest BCUT2D eigenvalue weighted by Gasteiger charge is -2.24. The van der Waals surface area contributed by atoms with Gasteiger partial charge in [-0.2, -0.15) is 0 Å². The number of imide groups is 1. The molecule has 140 valence electrons. The Balaban J connectivity index is 2.10. The number of rotatable bonds is 8. The zero-order chi connectivity index (χ0) is 19.3. The highest BCUT2D eigenvalue weighted by Gasteiger charge is 2.42. The summed E-state index contributed by atoms with van der Waals surface area (Å²) in [5.74, 6) is 0.177. The molecule has 0 aromatic heterocycles. The van der Waals surface area contributed by atoms with Gasteiger partial charge in [0, 0.05) is 27.2 Å². The van der Waals surface area contributed by atoms with Crippen molar-refractivity contribution in [3.05, 3.63) is 42.5 Å². The Morgan fingerprint density at radius 3 is 2.65 bits per heavy atom. The van der Waals surface area contributed by atoms with Crippen molar-refractivity contribution in [2.45, 2.75) is 25.9 Å². The smallest absolute Gasteiger partial charge is 0.326 e. The van der Waals surface area contributed by atoms with Gasteiger partial charge in [-0.05, 0) is 24.6 Å². The molecule has 26 heavy (non-hydrogen) atoms. The summed E-state index contributed by atoms with van der Waals surface area (Å²) in [5.41, 5.74) is 0.922. The molecule has 7 nitrogen and oxygen atoms in total. The monoisotopic (exact) mass is 359 g/mol. The SMILES string of the molecule is C=CCN(Cc1cccc(OCC)c1)C(=O)C[C@H]1C(=O)N(C)C(=O)N1C. The summed E-state index contributed by atoms with van der Waals surface area (Å²) < 4.78 is 5.49. The maximum atomic E-state index is 12.7. The minimum Gasteiger partial charge on any atom is -0.494 e. The first-order valence-electron chi connectivity index (χ1n) is 8.53. The van der Waals surface area contributed by atoms with Crippen molar-refractivity contribution >= 4 is 17.8 Å². The Bertz CT molecular complexity index is 704. The Labute approximate surface area is 153 Å². The fourth-order valence-electron chi connectivity index (χ4n) is 2.90. The van der Waals surface area contributed by atoms with E-state index in [2.05, 4.69) is 6.58 Å². The first-order valence-corrected chi connectivity index (χ1v) is 8.53. The minimum atomic E-state index is -0.762. The van der Waals surface area contributed by atoms with Crippen molar-refractivity contribution in [2.24, 2.45) is 0 Å². The van der Waals surface area contributed by atoms with Gasteiger partial charge in [-0.15, -0.1) is 6.58 Å². The fraction of sp³-hybridized carbons (Fsp3) is 0.421. The summed E-state index contributed by atoms with van der Waals surface area (Å²) >= 11 is 0. The van der Waals surface area contributed by atoms with Crippen LogP contribution in [-0.2, 0) is 16.1 Å². The third-order valence-electron chi connectivity index (χ3n) is 4.32. The molecule has 4 amide bonds. The van der Waals surface area contributed by atoms with E-state index in [-0.39, 0.29) is 18.2 Å². The molecule has 1 aromatic rings. The maximum Gasteiger partial charge on any atom is 0.326 e. The summed E-state index contributed by atoms with van der Waals surface area (Å²) in [6.07, 6.45) is 1.59. The van der Waals surface area contributed by atoms with Gasteiger partial charge in [-0.3, -0.25) is 14.5 Å². The molecule has 7 heteroatoms. The van der Waals surface area contributed by atoms with Gasteiger partial charge in [-0.1, -0.05) is 18.2 Å². The summed E-state index contributed by atoms with van der Waals surface area (Å²) in [4.78, 5) is 40.8. The Morgan fingerprint density at radius 2 is 2.08 bits per heavy atom. The van der Waals surface area contributed by atoms with E-state index in [4.69, 9.17) is 4.74 Å². The van der Waals surface area contributed by atoms with Crippen molar-refractivity contribution in [3.63, 3.8) is 0 Å². The number of nitrogens with zero attached hydrogens (tertiary/aromatic N) is 3. The summed E-state index contributed by atoms with van der Waals surface area (Å²) in [5, 5.41) is 0. The molecule has 1 aromatic carbocycles. The number of benzene rings is 1. The Kier molecular flexibility index (Phi) is 6.38. The number of urea groups is 1. The maximum absolute atomic E-state index is 12.7. The molecule has 0 aliphatic carbocycles. The van der Waals surface area contributed by atoms with Crippen molar-refractivity contribution in [3.8, 4) is 5.75 Å². The van der Waals surface area contributed by atoms with Gasteiger partial charge in [0.1, 0.15) is 11.8 Å². The molecular weight excluding hydrogens is 334 g/mol. The molecule has 1 fully saturated rings. The van der Waals surface area contributed by atoms with Crippen LogP contribution in [0.25, 0.3) is 0 Å². The zero-order valence-electron chi connectivity index (χ0n) is 15.5. The van der Waals surface area contributed by atoms with Crippen LogP contribution in [0.1, 0.15) is 18.9 Å². The molecule has 0 saturated carbocycles. The second kappa shape index (κ2) is 8.51. The van der Waals surface area contributed by atoms with Crippen molar-refractivity contribution in [1.29, 1.82) is 0 Å². The van der Waals surface area contributed by atoms with Gasteiger partial charge in [0.05, 0.1) is 13.0 Å². The normalized spacial score (nSPS) is 16.8. The standard InChI is InChI=1S/C19H25N3O4/c1-5-10-22(13-14-8-7-9-15(11-14)26-6-2)17(23)12-16-18(24)21(4)19(25)20(16)3/h5,7-9,11,16H,1,6,10,12-13H2,2-4H3/t16-/m0/s1. The second-order valence-electron chi connectivity index (χ2n) is 6.15. The number of carbonyl (C=O) groups excluding carboxylic acids is 3. The van der Waals surface area contributed by atoms with Gasteiger partial charge < -0.3 is 14.5 Å². The number of likely N-dealkylation sites (N-methyl/N-ethyl adjacent to an activating group) is 2. The molecule has 1 heterocycles. The van der Waals surface area contributed by atoms with Crippen LogP contribution in [0.5, 0.6) is 5.75 Å². The van der Waals surface area contributed by atoms with Gasteiger partial charge in [-0.25, -0.2) is 4.79 Å². The van der Waals surface area contributed by atoms with Crippen LogP contribution < -0.4 is 4.74 Å². The quantitative estimate of drug-likeness (QED) is 0.525. The average Bonchev–Trinajstić information content (AvgIpc) is 2.80. The molecule has 1 saturated heterocycles. The van der Waals surface area contributed by atoms with E-state index in [1.807, 2.05) is 31.2 Å². The van der Waals surface area contributed by atoms with Crippen molar-refractivity contribution in [1.82, 2.24) is 14.7 Å². The third-order valence-corrected chi connectivity index (χ3v) is 4.32. The minimum absolute atomic E-state index is 0.0512. The lowest BCUT2D eigenvalue weighted by Crippen LogP contribution is -2.39. The van der Waals surface area contributed by atoms with Crippen LogP contribution in [0.15, 0.2) is 36.9 Å². The number of amides is 4. The van der Waals surface area contributed by atoms with Crippen LogP contribution in [0.2, 0.25) is 0 Å². The first kappa shape index (κ1) is 19.5. The van der Waals surface area contributed by atoms with Crippen LogP contribution >= 0.6 is 0 Å². The van der Waals surface area contributed by atoms with E-state index in [1.165, 1.54) is 19.0 Å². The predicted molar refractivity (Wildman–Crippen MR) is 97.6 cm³/mol. The van der Waals surface area contributed by atoms with E-state index in [9.17, 15) is 14.4 Å². The van der Waals surface area contributed by atoms with E-state index in [1.54, 1.807) is 11.0 Å². The molecule has 1 aliphatic rings. The number of ether oxygens (including phenoxy) is 1. The number of hydrogen-bond acceptors (Lipinski definition) is 4. The highest BCUT2D eigenvalue weighted by Crippen LogP contribution is 2.19. The molecule has 0 radical (unpaired) electrons. The molecular formula is C19H25N3O4. The van der Waals surface area contributed by atoms with Crippen molar-refractivity contribution in [2.75, 3.05) is 27.2 Å². The number of hydrogen-bond donors (Lipinski definition) is 0. The molecule has 0 N–H and O–H groups in total. The second-order valence-corrected chi connectivity index (χ2v) is 6.15. The number of carbonyl (C=O) groups is 3. The van der Waals surface area contributed by atoms with Gasteiger partial charge in [0.2, 0.25) is 5.91 Å². The molecule has 1 aliphatic heterocycles. The van der Waals surface area contributed by atoms with E-state index < -0.39 is 12.1 Å². The van der Waals surface area contributed by atoms with Crippen molar-refractivity contribution < 1.29 is 19.1 Å². The lowest BCUT2D eigenvalue weighted by atomic mass is 10.1. The topological polar surface area (TPSA) is 70.2 Å². The molecule has 0 spiro atoms. The van der Waals surface area contributed by atoms with E-state index in [0.29, 0.717) is 19.7 Å². The van der Waals surface area contributed by atoms with Crippen LogP contribution in [-0.4, -0.2) is 65.8 Å². The molecule has 1 atom stereocenters. The van der Waals surface area contributed by atoms with Crippen LogP contribution in [0.4, 0.5) is 4.79 Å². The van der Waals surface area contributed by atoms with Gasteiger partial charge in [0.15, 0.2) is 0 Å². The Morgan fingerprint density at radius 1 is 1.35 bits per heavy atom. The van der Waals surface area contributed by atoms with E-state index >= 15 is 0 Å². The lowest BCUT2D eigenvalue weighted by molar-refractivity contribution is -0.136.